The molecule has 1 aliphatic rings. The van der Waals surface area contributed by atoms with Crippen LogP contribution in [-0.4, -0.2) is 38.5 Å². The van der Waals surface area contributed by atoms with Gasteiger partial charge in [0.15, 0.2) is 20.6 Å². The standard InChI is InChI=1S/C17H17FN2O5S2/c1-27(24,25)15-10-14(20(22)23)17(26-15)19-8-6-12(7-9-19)16(21)11-2-4-13(18)5-3-11/h2-5,10,12H,6-9H2,1H3. The largest absolute Gasteiger partial charge is 0.358 e. The minimum atomic E-state index is -3.54. The number of anilines is 1. The number of sulfone groups is 1. The summed E-state index contributed by atoms with van der Waals surface area (Å²) in [5, 5.41) is 11.6. The Morgan fingerprint density at radius 1 is 1.26 bits per heavy atom. The highest BCUT2D eigenvalue weighted by Crippen LogP contribution is 2.41. The smallest absolute Gasteiger partial charge is 0.305 e. The van der Waals surface area contributed by atoms with Crippen LogP contribution in [0.4, 0.5) is 15.1 Å². The lowest BCUT2D eigenvalue weighted by Gasteiger charge is -2.31. The predicted molar refractivity (Wildman–Crippen MR) is 99.8 cm³/mol. The average Bonchev–Trinajstić information content (AvgIpc) is 3.08. The van der Waals surface area contributed by atoms with E-state index in [1.807, 2.05) is 0 Å². The van der Waals surface area contributed by atoms with Gasteiger partial charge in [-0.2, -0.15) is 0 Å². The van der Waals surface area contributed by atoms with E-state index in [2.05, 4.69) is 0 Å². The van der Waals surface area contributed by atoms with Crippen molar-refractivity contribution in [1.82, 2.24) is 0 Å². The van der Waals surface area contributed by atoms with Gasteiger partial charge in [-0.05, 0) is 37.1 Å². The van der Waals surface area contributed by atoms with Crippen molar-refractivity contribution in [1.29, 1.82) is 0 Å². The fourth-order valence-electron chi connectivity index (χ4n) is 3.09. The van der Waals surface area contributed by atoms with Gasteiger partial charge in [0.1, 0.15) is 10.0 Å². The highest BCUT2D eigenvalue weighted by Gasteiger charge is 2.32. The first kappa shape index (κ1) is 19.4. The first-order chi connectivity index (χ1) is 12.7. The van der Waals surface area contributed by atoms with Gasteiger partial charge in [0, 0.05) is 36.9 Å². The molecule has 0 amide bonds. The van der Waals surface area contributed by atoms with Crippen LogP contribution in [0.1, 0.15) is 23.2 Å². The average molecular weight is 412 g/mol. The summed E-state index contributed by atoms with van der Waals surface area (Å²) in [6.07, 6.45) is 1.98. The number of nitro groups is 1. The van der Waals surface area contributed by atoms with Crippen LogP contribution in [0.15, 0.2) is 34.5 Å². The molecule has 1 aliphatic heterocycles. The van der Waals surface area contributed by atoms with Crippen LogP contribution in [0.2, 0.25) is 0 Å². The first-order valence-electron chi connectivity index (χ1n) is 8.20. The van der Waals surface area contributed by atoms with Crippen molar-refractivity contribution in [3.63, 3.8) is 0 Å². The molecule has 0 aliphatic carbocycles. The van der Waals surface area contributed by atoms with Gasteiger partial charge in [-0.15, -0.1) is 0 Å². The van der Waals surface area contributed by atoms with Crippen molar-refractivity contribution in [2.45, 2.75) is 17.1 Å². The molecule has 3 rings (SSSR count). The molecular formula is C17H17FN2O5S2. The van der Waals surface area contributed by atoms with E-state index in [-0.39, 0.29) is 21.6 Å². The van der Waals surface area contributed by atoms with E-state index < -0.39 is 20.6 Å². The molecular weight excluding hydrogens is 395 g/mol. The SMILES string of the molecule is CS(=O)(=O)c1cc([N+](=O)[O-])c(N2CCC(C(=O)c3ccc(F)cc3)CC2)s1. The molecule has 10 heteroatoms. The summed E-state index contributed by atoms with van der Waals surface area (Å²) in [5.41, 5.74) is 0.208. The Labute approximate surface area is 159 Å². The van der Waals surface area contributed by atoms with Crippen molar-refractivity contribution >= 4 is 37.6 Å². The lowest BCUT2D eigenvalue weighted by atomic mass is 9.89. The van der Waals surface area contributed by atoms with Gasteiger partial charge in [-0.3, -0.25) is 14.9 Å². The third kappa shape index (κ3) is 4.16. The second-order valence-corrected chi connectivity index (χ2v) is 9.69. The molecule has 144 valence electrons. The maximum absolute atomic E-state index is 13.0. The molecule has 2 aromatic rings. The number of rotatable bonds is 5. The van der Waals surface area contributed by atoms with E-state index >= 15 is 0 Å². The Morgan fingerprint density at radius 2 is 1.85 bits per heavy atom. The first-order valence-corrected chi connectivity index (χ1v) is 10.9. The highest BCUT2D eigenvalue weighted by molar-refractivity contribution is 7.92. The minimum absolute atomic E-state index is 0.0475. The van der Waals surface area contributed by atoms with Crippen LogP contribution in [0, 0.1) is 21.8 Å². The lowest BCUT2D eigenvalue weighted by Crippen LogP contribution is -2.36. The van der Waals surface area contributed by atoms with Crippen LogP contribution in [-0.2, 0) is 9.84 Å². The normalized spacial score (nSPS) is 15.7. The van der Waals surface area contributed by atoms with Gasteiger partial charge < -0.3 is 4.90 Å². The molecule has 0 bridgehead atoms. The van der Waals surface area contributed by atoms with Crippen molar-refractivity contribution in [3.8, 4) is 0 Å². The van der Waals surface area contributed by atoms with Crippen LogP contribution < -0.4 is 4.90 Å². The zero-order chi connectivity index (χ0) is 19.8. The summed E-state index contributed by atoms with van der Waals surface area (Å²) in [6, 6.07) is 6.47. The summed E-state index contributed by atoms with van der Waals surface area (Å²) in [7, 11) is -3.54. The van der Waals surface area contributed by atoms with Gasteiger partial charge in [-0.1, -0.05) is 11.3 Å². The maximum Gasteiger partial charge on any atom is 0.305 e. The second-order valence-electron chi connectivity index (χ2n) is 6.42. The quantitative estimate of drug-likeness (QED) is 0.425. The molecule has 0 atom stereocenters. The minimum Gasteiger partial charge on any atom is -0.358 e. The number of thiophene rings is 1. The van der Waals surface area contributed by atoms with E-state index in [4.69, 9.17) is 0 Å². The van der Waals surface area contributed by atoms with E-state index in [9.17, 15) is 27.7 Å². The Balaban J connectivity index is 1.76. The predicted octanol–water partition coefficient (Wildman–Crippen LogP) is 3.30. The van der Waals surface area contributed by atoms with Crippen LogP contribution in [0.3, 0.4) is 0 Å². The molecule has 1 aromatic heterocycles. The number of Topliss-reactive ketones (excluding diaryl/α,β-unsaturated/α-hetero) is 1. The fraction of sp³-hybridized carbons (Fsp3) is 0.353. The number of piperidine rings is 1. The Kier molecular flexibility index (Phi) is 5.29. The molecule has 1 saturated heterocycles. The van der Waals surface area contributed by atoms with E-state index in [0.717, 1.165) is 23.7 Å². The van der Waals surface area contributed by atoms with Crippen LogP contribution in [0.25, 0.3) is 0 Å². The summed E-state index contributed by atoms with van der Waals surface area (Å²) >= 11 is 0.879. The third-order valence-electron chi connectivity index (χ3n) is 4.51. The number of halogens is 1. The number of hydrogen-bond donors (Lipinski definition) is 0. The zero-order valence-electron chi connectivity index (χ0n) is 14.4. The molecule has 27 heavy (non-hydrogen) atoms. The molecule has 1 fully saturated rings. The summed E-state index contributed by atoms with van der Waals surface area (Å²) in [5.74, 6) is -0.736. The number of carbonyl (C=O) groups excluding carboxylic acids is 1. The molecule has 1 aromatic carbocycles. The fourth-order valence-corrected chi connectivity index (χ4v) is 5.16. The van der Waals surface area contributed by atoms with Crippen molar-refractivity contribution in [3.05, 3.63) is 51.8 Å². The summed E-state index contributed by atoms with van der Waals surface area (Å²) < 4.78 is 36.4. The molecule has 0 saturated carbocycles. The Hall–Kier alpha value is -2.33. The molecule has 7 nitrogen and oxygen atoms in total. The van der Waals surface area contributed by atoms with Gasteiger partial charge in [0.05, 0.1) is 4.92 Å². The molecule has 0 unspecified atom stereocenters. The van der Waals surface area contributed by atoms with Gasteiger partial charge in [0.25, 0.3) is 0 Å². The number of hydrogen-bond acceptors (Lipinski definition) is 7. The van der Waals surface area contributed by atoms with E-state index in [0.29, 0.717) is 36.5 Å². The molecule has 2 heterocycles. The lowest BCUT2D eigenvalue weighted by molar-refractivity contribution is -0.383. The van der Waals surface area contributed by atoms with E-state index in [1.54, 1.807) is 4.90 Å². The van der Waals surface area contributed by atoms with Gasteiger partial charge in [0.2, 0.25) is 0 Å². The maximum atomic E-state index is 13.0. The highest BCUT2D eigenvalue weighted by atomic mass is 32.2. The van der Waals surface area contributed by atoms with Crippen molar-refractivity contribution in [2.75, 3.05) is 24.2 Å². The molecule has 0 spiro atoms. The second kappa shape index (κ2) is 7.35. The molecule has 0 radical (unpaired) electrons. The van der Waals surface area contributed by atoms with Crippen molar-refractivity contribution < 1.29 is 22.5 Å². The number of ketones is 1. The molecule has 0 N–H and O–H groups in total. The van der Waals surface area contributed by atoms with Crippen molar-refractivity contribution in [2.24, 2.45) is 5.92 Å². The Morgan fingerprint density at radius 3 is 2.37 bits per heavy atom. The van der Waals surface area contributed by atoms with E-state index in [1.165, 1.54) is 24.3 Å². The zero-order valence-corrected chi connectivity index (χ0v) is 16.1. The number of nitrogens with zero attached hydrogens (tertiary/aromatic N) is 2. The topological polar surface area (TPSA) is 97.6 Å². The third-order valence-corrected chi connectivity index (χ3v) is 7.50. The monoisotopic (exact) mass is 412 g/mol. The van der Waals surface area contributed by atoms with Gasteiger partial charge in [-0.25, -0.2) is 12.8 Å². The summed E-state index contributed by atoms with van der Waals surface area (Å²) in [6.45, 7) is 0.810. The van der Waals surface area contributed by atoms with Gasteiger partial charge >= 0.3 is 5.69 Å². The number of benzene rings is 1. The Bertz CT molecular complexity index is 977. The summed E-state index contributed by atoms with van der Waals surface area (Å²) in [4.78, 5) is 25.0. The van der Waals surface area contributed by atoms with Crippen LogP contribution in [0.5, 0.6) is 0 Å². The number of carbonyl (C=O) groups is 1. The van der Waals surface area contributed by atoms with Crippen LogP contribution >= 0.6 is 11.3 Å².